The van der Waals surface area contributed by atoms with E-state index in [0.29, 0.717) is 25.0 Å². The van der Waals surface area contributed by atoms with Gasteiger partial charge < -0.3 is 4.99 Å². The van der Waals surface area contributed by atoms with Crippen molar-refractivity contribution in [2.24, 2.45) is 4.99 Å². The van der Waals surface area contributed by atoms with Crippen LogP contribution >= 0.6 is 0 Å². The van der Waals surface area contributed by atoms with Gasteiger partial charge in [-0.3, -0.25) is 9.69 Å². The highest BCUT2D eigenvalue weighted by molar-refractivity contribution is 5.92. The van der Waals surface area contributed by atoms with Gasteiger partial charge in [0.05, 0.1) is 6.54 Å². The van der Waals surface area contributed by atoms with Crippen molar-refractivity contribution in [2.75, 3.05) is 13.6 Å². The third kappa shape index (κ3) is 3.74. The first-order valence-electron chi connectivity index (χ1n) is 5.83. The Hall–Kier alpha value is -0.700. The number of Topliss-reactive ketones (excluding diaryl/α,β-unsaturated/α-hetero) is 1. The zero-order chi connectivity index (χ0) is 11.3. The Morgan fingerprint density at radius 1 is 1.40 bits per heavy atom. The molecule has 3 heteroatoms. The zero-order valence-electron chi connectivity index (χ0n) is 10.1. The van der Waals surface area contributed by atoms with Crippen LogP contribution in [0.15, 0.2) is 4.99 Å². The third-order valence-electron chi connectivity index (χ3n) is 3.24. The summed E-state index contributed by atoms with van der Waals surface area (Å²) in [5.41, 5.74) is 0. The van der Waals surface area contributed by atoms with Gasteiger partial charge in [0, 0.05) is 31.8 Å². The maximum Gasteiger partial charge on any atom is 0.152 e. The van der Waals surface area contributed by atoms with E-state index in [9.17, 15) is 4.79 Å². The number of rotatable bonds is 4. The lowest BCUT2D eigenvalue weighted by Crippen LogP contribution is -2.46. The van der Waals surface area contributed by atoms with E-state index in [-0.39, 0.29) is 5.78 Å². The molecule has 0 aromatic carbocycles. The van der Waals surface area contributed by atoms with Crippen LogP contribution in [-0.4, -0.2) is 42.6 Å². The number of carbonyl (C=O) groups excluding carboxylic acids is 1. The summed E-state index contributed by atoms with van der Waals surface area (Å²) in [6.07, 6.45) is 5.91. The van der Waals surface area contributed by atoms with Crippen molar-refractivity contribution in [3.8, 4) is 0 Å². The molecule has 0 amide bonds. The highest BCUT2D eigenvalue weighted by Crippen LogP contribution is 2.21. The molecule has 1 rings (SSSR count). The first-order valence-corrected chi connectivity index (χ1v) is 5.83. The van der Waals surface area contributed by atoms with Crippen LogP contribution in [0.2, 0.25) is 0 Å². The van der Waals surface area contributed by atoms with Crippen molar-refractivity contribution in [3.05, 3.63) is 0 Å². The molecule has 1 aliphatic rings. The van der Waals surface area contributed by atoms with Crippen molar-refractivity contribution in [1.29, 1.82) is 0 Å². The summed E-state index contributed by atoms with van der Waals surface area (Å²) in [6.45, 7) is 5.03. The number of hydrogen-bond donors (Lipinski definition) is 0. The van der Waals surface area contributed by atoms with E-state index < -0.39 is 0 Å². The first kappa shape index (κ1) is 12.4. The summed E-state index contributed by atoms with van der Waals surface area (Å²) in [6, 6.07) is 1.10. The van der Waals surface area contributed by atoms with Crippen molar-refractivity contribution in [3.63, 3.8) is 0 Å². The lowest BCUT2D eigenvalue weighted by molar-refractivity contribution is -0.120. The number of ketones is 1. The summed E-state index contributed by atoms with van der Waals surface area (Å²) in [5, 5.41) is 0. The lowest BCUT2D eigenvalue weighted by atomic mass is 9.97. The molecule has 0 aromatic heterocycles. The SMILES string of the molecule is CN=CCC(=O)CN1C(C)CCCC1C. The molecule has 1 saturated heterocycles. The molecule has 86 valence electrons. The summed E-state index contributed by atoms with van der Waals surface area (Å²) >= 11 is 0. The second-order valence-electron chi connectivity index (χ2n) is 4.48. The van der Waals surface area contributed by atoms with Crippen LogP contribution in [0, 0.1) is 0 Å². The van der Waals surface area contributed by atoms with Crippen molar-refractivity contribution in [1.82, 2.24) is 4.90 Å². The largest absolute Gasteiger partial charge is 0.300 e. The fourth-order valence-corrected chi connectivity index (χ4v) is 2.25. The molecule has 0 aliphatic carbocycles. The fraction of sp³-hybridized carbons (Fsp3) is 0.833. The van der Waals surface area contributed by atoms with Crippen LogP contribution in [0.5, 0.6) is 0 Å². The predicted octanol–water partition coefficient (Wildman–Crippen LogP) is 1.91. The quantitative estimate of drug-likeness (QED) is 0.664. The maximum atomic E-state index is 11.6. The van der Waals surface area contributed by atoms with Gasteiger partial charge in [-0.1, -0.05) is 6.42 Å². The average molecular weight is 210 g/mol. The fourth-order valence-electron chi connectivity index (χ4n) is 2.25. The molecule has 0 spiro atoms. The second kappa shape index (κ2) is 6.01. The summed E-state index contributed by atoms with van der Waals surface area (Å²) < 4.78 is 0. The van der Waals surface area contributed by atoms with Gasteiger partial charge in [-0.15, -0.1) is 0 Å². The Morgan fingerprint density at radius 3 is 2.53 bits per heavy atom. The van der Waals surface area contributed by atoms with Gasteiger partial charge in [0.2, 0.25) is 0 Å². The molecule has 1 aliphatic heterocycles. The Kier molecular flexibility index (Phi) is 4.95. The van der Waals surface area contributed by atoms with Gasteiger partial charge in [-0.05, 0) is 26.7 Å². The predicted molar refractivity (Wildman–Crippen MR) is 63.5 cm³/mol. The second-order valence-corrected chi connectivity index (χ2v) is 4.48. The normalized spacial score (nSPS) is 28.5. The molecule has 1 heterocycles. The van der Waals surface area contributed by atoms with Gasteiger partial charge in [0.1, 0.15) is 0 Å². The number of likely N-dealkylation sites (tertiary alicyclic amines) is 1. The summed E-state index contributed by atoms with van der Waals surface area (Å²) in [4.78, 5) is 17.8. The monoisotopic (exact) mass is 210 g/mol. The van der Waals surface area contributed by atoms with E-state index in [1.165, 1.54) is 19.3 Å². The number of hydrogen-bond acceptors (Lipinski definition) is 3. The third-order valence-corrected chi connectivity index (χ3v) is 3.24. The van der Waals surface area contributed by atoms with Crippen LogP contribution in [0.3, 0.4) is 0 Å². The van der Waals surface area contributed by atoms with Gasteiger partial charge >= 0.3 is 0 Å². The molecular weight excluding hydrogens is 188 g/mol. The Morgan fingerprint density at radius 2 is 2.00 bits per heavy atom. The van der Waals surface area contributed by atoms with Crippen LogP contribution in [0.25, 0.3) is 0 Å². The number of aliphatic imine (C=N–C) groups is 1. The van der Waals surface area contributed by atoms with E-state index in [4.69, 9.17) is 0 Å². The zero-order valence-corrected chi connectivity index (χ0v) is 10.1. The highest BCUT2D eigenvalue weighted by Gasteiger charge is 2.25. The first-order chi connectivity index (χ1) is 7.15. The highest BCUT2D eigenvalue weighted by atomic mass is 16.1. The van der Waals surface area contributed by atoms with Gasteiger partial charge in [0.15, 0.2) is 5.78 Å². The van der Waals surface area contributed by atoms with Crippen LogP contribution in [0.1, 0.15) is 39.5 Å². The molecule has 0 saturated carbocycles. The Bertz CT molecular complexity index is 228. The van der Waals surface area contributed by atoms with Crippen molar-refractivity contribution < 1.29 is 4.79 Å². The summed E-state index contributed by atoms with van der Waals surface area (Å²) in [7, 11) is 1.71. The minimum absolute atomic E-state index is 0.279. The molecule has 15 heavy (non-hydrogen) atoms. The van der Waals surface area contributed by atoms with Crippen LogP contribution < -0.4 is 0 Å². The Labute approximate surface area is 92.6 Å². The van der Waals surface area contributed by atoms with Crippen LogP contribution in [0.4, 0.5) is 0 Å². The van der Waals surface area contributed by atoms with Crippen molar-refractivity contribution in [2.45, 2.75) is 51.6 Å². The van der Waals surface area contributed by atoms with E-state index in [1.54, 1.807) is 13.3 Å². The molecule has 0 N–H and O–H groups in total. The molecule has 2 atom stereocenters. The van der Waals surface area contributed by atoms with Crippen LogP contribution in [-0.2, 0) is 4.79 Å². The smallest absolute Gasteiger partial charge is 0.152 e. The Balaban J connectivity index is 2.43. The molecule has 0 bridgehead atoms. The molecule has 2 unspecified atom stereocenters. The van der Waals surface area contributed by atoms with Gasteiger partial charge in [0.25, 0.3) is 0 Å². The topological polar surface area (TPSA) is 32.7 Å². The van der Waals surface area contributed by atoms with E-state index in [2.05, 4.69) is 23.7 Å². The molecule has 0 aromatic rings. The number of piperidine rings is 1. The lowest BCUT2D eigenvalue weighted by Gasteiger charge is -2.38. The number of nitrogens with zero attached hydrogens (tertiary/aromatic N) is 2. The average Bonchev–Trinajstić information content (AvgIpc) is 2.21. The standard InChI is InChI=1S/C12H22N2O/c1-10-5-4-6-11(2)14(10)9-12(15)7-8-13-3/h8,10-11H,4-7,9H2,1-3H3. The van der Waals surface area contributed by atoms with Gasteiger partial charge in [-0.25, -0.2) is 0 Å². The molecule has 0 radical (unpaired) electrons. The van der Waals surface area contributed by atoms with Crippen molar-refractivity contribution >= 4 is 12.0 Å². The minimum Gasteiger partial charge on any atom is -0.300 e. The molecular formula is C12H22N2O. The maximum absolute atomic E-state index is 11.6. The van der Waals surface area contributed by atoms with Gasteiger partial charge in [-0.2, -0.15) is 0 Å². The number of carbonyl (C=O) groups is 1. The minimum atomic E-state index is 0.279. The van der Waals surface area contributed by atoms with E-state index in [1.807, 2.05) is 0 Å². The molecule has 1 fully saturated rings. The van der Waals surface area contributed by atoms with E-state index >= 15 is 0 Å². The van der Waals surface area contributed by atoms with E-state index in [0.717, 1.165) is 0 Å². The summed E-state index contributed by atoms with van der Waals surface area (Å²) in [5.74, 6) is 0.279. The molecule has 3 nitrogen and oxygen atoms in total.